The fourth-order valence-corrected chi connectivity index (χ4v) is 4.34. The summed E-state index contributed by atoms with van der Waals surface area (Å²) < 4.78 is 43.0. The Morgan fingerprint density at radius 1 is 1.00 bits per heavy atom. The molecule has 0 N–H and O–H groups in total. The van der Waals surface area contributed by atoms with Crippen LogP contribution in [-0.2, 0) is 19.1 Å². The fourth-order valence-electron chi connectivity index (χ4n) is 4.34. The molecule has 1 aliphatic rings. The second-order valence-electron chi connectivity index (χ2n) is 8.01. The third-order valence-corrected chi connectivity index (χ3v) is 5.91. The third-order valence-electron chi connectivity index (χ3n) is 5.91. The number of carbonyl (C=O) groups is 1. The molecular formula is C25H20F3N2O+. The van der Waals surface area contributed by atoms with E-state index in [-0.39, 0.29) is 5.78 Å². The standard InChI is InChI=1S/C25H20F3N2O/c26-25(27,28)21-7-8-22-18(12-21)6-9-23(24(22)31)30-11-10-19-14-29(15-20(19)16-30)13-17-4-2-1-3-5-17/h1-5,7-8,10-12,14-16,23H,6,9,13H2/q+1. The molecule has 0 fully saturated rings. The minimum Gasteiger partial charge on any atom is -0.348 e. The predicted octanol–water partition coefficient (Wildman–Crippen LogP) is 5.37. The van der Waals surface area contributed by atoms with Gasteiger partial charge in [0.05, 0.1) is 10.9 Å². The average Bonchev–Trinajstić information content (AvgIpc) is 3.15. The van der Waals surface area contributed by atoms with Gasteiger partial charge in [-0.1, -0.05) is 36.4 Å². The summed E-state index contributed by atoms with van der Waals surface area (Å²) in [5.41, 5.74) is 1.37. The van der Waals surface area contributed by atoms with E-state index >= 15 is 0 Å². The van der Waals surface area contributed by atoms with Crippen molar-refractivity contribution >= 4 is 16.6 Å². The van der Waals surface area contributed by atoms with Gasteiger partial charge in [0.1, 0.15) is 0 Å². The van der Waals surface area contributed by atoms with Gasteiger partial charge in [-0.05, 0) is 29.7 Å². The zero-order chi connectivity index (χ0) is 21.6. The number of fused-ring (bicyclic) bond motifs is 2. The van der Waals surface area contributed by atoms with Gasteiger partial charge in [-0.2, -0.15) is 17.7 Å². The zero-order valence-corrected chi connectivity index (χ0v) is 16.6. The maximum atomic E-state index is 13.1. The molecule has 2 heterocycles. The van der Waals surface area contributed by atoms with Crippen molar-refractivity contribution in [2.45, 2.75) is 31.6 Å². The molecule has 6 heteroatoms. The topological polar surface area (TPSA) is 25.9 Å². The third kappa shape index (κ3) is 3.74. The first-order chi connectivity index (χ1) is 14.9. The number of rotatable bonds is 3. The lowest BCUT2D eigenvalue weighted by atomic mass is 9.86. The number of Topliss-reactive ketones (excluding diaryl/α,β-unsaturated/α-hetero) is 1. The number of hydrogen-bond acceptors (Lipinski definition) is 1. The van der Waals surface area contributed by atoms with Crippen molar-refractivity contribution in [1.29, 1.82) is 0 Å². The van der Waals surface area contributed by atoms with Crippen LogP contribution >= 0.6 is 0 Å². The molecule has 5 rings (SSSR count). The molecule has 0 aliphatic heterocycles. The molecular weight excluding hydrogens is 401 g/mol. The summed E-state index contributed by atoms with van der Waals surface area (Å²) in [6, 6.07) is 15.2. The van der Waals surface area contributed by atoms with Crippen LogP contribution in [0, 0.1) is 0 Å². The highest BCUT2D eigenvalue weighted by Crippen LogP contribution is 2.34. The second kappa shape index (κ2) is 7.38. The Balaban J connectivity index is 1.42. The highest BCUT2D eigenvalue weighted by Gasteiger charge is 2.37. The molecule has 0 spiro atoms. The van der Waals surface area contributed by atoms with E-state index < -0.39 is 17.8 Å². The molecule has 0 bridgehead atoms. The van der Waals surface area contributed by atoms with Crippen LogP contribution < -0.4 is 4.57 Å². The van der Waals surface area contributed by atoms with E-state index in [1.54, 1.807) is 0 Å². The molecule has 1 aliphatic carbocycles. The molecule has 1 atom stereocenters. The fraction of sp³-hybridized carbons (Fsp3) is 0.200. The molecule has 2 aromatic carbocycles. The van der Waals surface area contributed by atoms with E-state index in [1.165, 1.54) is 11.6 Å². The number of aryl methyl sites for hydroxylation is 1. The number of aromatic nitrogens is 2. The van der Waals surface area contributed by atoms with Crippen LogP contribution in [0.5, 0.6) is 0 Å². The molecule has 0 amide bonds. The molecule has 1 unspecified atom stereocenters. The van der Waals surface area contributed by atoms with Crippen molar-refractivity contribution < 1.29 is 22.5 Å². The van der Waals surface area contributed by atoms with Crippen molar-refractivity contribution in [3.05, 3.63) is 102 Å². The van der Waals surface area contributed by atoms with Gasteiger partial charge in [0.25, 0.3) is 0 Å². The van der Waals surface area contributed by atoms with Crippen molar-refractivity contribution in [1.82, 2.24) is 4.57 Å². The minimum atomic E-state index is -4.40. The normalized spacial score (nSPS) is 16.5. The molecule has 2 aromatic heterocycles. The van der Waals surface area contributed by atoms with Crippen molar-refractivity contribution in [2.75, 3.05) is 0 Å². The van der Waals surface area contributed by atoms with Crippen LogP contribution in [-0.4, -0.2) is 10.4 Å². The van der Waals surface area contributed by atoms with Gasteiger partial charge in [0.2, 0.25) is 11.8 Å². The average molecular weight is 421 g/mol. The molecule has 31 heavy (non-hydrogen) atoms. The molecule has 0 saturated heterocycles. The first-order valence-corrected chi connectivity index (χ1v) is 10.2. The molecule has 0 saturated carbocycles. The lowest BCUT2D eigenvalue weighted by molar-refractivity contribution is -0.707. The molecule has 4 aromatic rings. The number of halogens is 3. The number of hydrogen-bond donors (Lipinski definition) is 0. The van der Waals surface area contributed by atoms with Gasteiger partial charge >= 0.3 is 6.18 Å². The van der Waals surface area contributed by atoms with E-state index in [0.717, 1.165) is 29.4 Å². The van der Waals surface area contributed by atoms with E-state index in [0.29, 0.717) is 24.0 Å². The highest BCUT2D eigenvalue weighted by molar-refractivity contribution is 6.00. The first kappa shape index (κ1) is 19.5. The van der Waals surface area contributed by atoms with Crippen LogP contribution in [0.4, 0.5) is 13.2 Å². The smallest absolute Gasteiger partial charge is 0.348 e. The van der Waals surface area contributed by atoms with Gasteiger partial charge < -0.3 is 4.57 Å². The van der Waals surface area contributed by atoms with Crippen molar-refractivity contribution in [3.63, 3.8) is 0 Å². The Morgan fingerprint density at radius 3 is 2.55 bits per heavy atom. The van der Waals surface area contributed by atoms with Crippen LogP contribution in [0.3, 0.4) is 0 Å². The van der Waals surface area contributed by atoms with E-state index in [9.17, 15) is 18.0 Å². The summed E-state index contributed by atoms with van der Waals surface area (Å²) in [6.07, 6.45) is 4.48. The Labute approximate surface area is 177 Å². The monoisotopic (exact) mass is 421 g/mol. The first-order valence-electron chi connectivity index (χ1n) is 10.2. The Kier molecular flexibility index (Phi) is 4.65. The Hall–Kier alpha value is -3.41. The maximum absolute atomic E-state index is 13.1. The summed E-state index contributed by atoms with van der Waals surface area (Å²) >= 11 is 0. The van der Waals surface area contributed by atoms with Crippen molar-refractivity contribution in [3.8, 4) is 0 Å². The van der Waals surface area contributed by atoms with Crippen LogP contribution in [0.1, 0.15) is 39.5 Å². The summed E-state index contributed by atoms with van der Waals surface area (Å²) in [4.78, 5) is 13.1. The lowest BCUT2D eigenvalue weighted by Crippen LogP contribution is -2.45. The summed E-state index contributed by atoms with van der Waals surface area (Å²) in [7, 11) is 0. The quantitative estimate of drug-likeness (QED) is 0.409. The number of alkyl halides is 3. The van der Waals surface area contributed by atoms with Gasteiger partial charge in [0.15, 0.2) is 12.4 Å². The van der Waals surface area contributed by atoms with Crippen LogP contribution in [0.15, 0.2) is 79.4 Å². The van der Waals surface area contributed by atoms with Gasteiger partial charge in [-0.25, -0.2) is 0 Å². The van der Waals surface area contributed by atoms with Gasteiger partial charge in [-0.15, -0.1) is 0 Å². The van der Waals surface area contributed by atoms with Crippen LogP contribution in [0.2, 0.25) is 0 Å². The molecule has 0 radical (unpaired) electrons. The summed E-state index contributed by atoms with van der Waals surface area (Å²) in [5, 5.41) is 2.09. The van der Waals surface area contributed by atoms with Crippen molar-refractivity contribution in [2.24, 2.45) is 0 Å². The largest absolute Gasteiger partial charge is 0.416 e. The number of pyridine rings is 1. The summed E-state index contributed by atoms with van der Waals surface area (Å²) in [6.45, 7) is 0.757. The Bertz CT molecular complexity index is 1280. The lowest BCUT2D eigenvalue weighted by Gasteiger charge is -2.21. The zero-order valence-electron chi connectivity index (χ0n) is 16.6. The number of benzene rings is 2. The predicted molar refractivity (Wildman–Crippen MR) is 111 cm³/mol. The minimum absolute atomic E-state index is 0.136. The number of carbonyl (C=O) groups excluding carboxylic acids is 1. The Morgan fingerprint density at radius 2 is 1.77 bits per heavy atom. The number of ketones is 1. The van der Waals surface area contributed by atoms with E-state index in [4.69, 9.17) is 0 Å². The van der Waals surface area contributed by atoms with Crippen LogP contribution in [0.25, 0.3) is 10.8 Å². The summed E-state index contributed by atoms with van der Waals surface area (Å²) in [5.74, 6) is -0.136. The molecule has 156 valence electrons. The SMILES string of the molecule is O=C1c2ccc(C(F)(F)F)cc2CCC1[n+]1ccc2cn(Cc3ccccc3)cc2c1. The van der Waals surface area contributed by atoms with E-state index in [1.807, 2.05) is 41.2 Å². The van der Waals surface area contributed by atoms with E-state index in [2.05, 4.69) is 29.1 Å². The van der Waals surface area contributed by atoms with Gasteiger partial charge in [0, 0.05) is 42.4 Å². The van der Waals surface area contributed by atoms with Gasteiger partial charge in [-0.3, -0.25) is 4.79 Å². The number of nitrogens with zero attached hydrogens (tertiary/aromatic N) is 2. The highest BCUT2D eigenvalue weighted by atomic mass is 19.4. The second-order valence-corrected chi connectivity index (χ2v) is 8.01. The molecule has 3 nitrogen and oxygen atoms in total. The maximum Gasteiger partial charge on any atom is 0.416 e.